The first-order valence-corrected chi connectivity index (χ1v) is 11.0. The lowest BCUT2D eigenvalue weighted by atomic mass is 9.94. The van der Waals surface area contributed by atoms with Crippen molar-refractivity contribution < 1.29 is 18.5 Å². The average Bonchev–Trinajstić information content (AvgIpc) is 3.12. The van der Waals surface area contributed by atoms with E-state index in [1.807, 2.05) is 0 Å². The summed E-state index contributed by atoms with van der Waals surface area (Å²) in [5.74, 6) is -1.20. The molecule has 3 heterocycles. The van der Waals surface area contributed by atoms with Gasteiger partial charge in [-0.2, -0.15) is 0 Å². The van der Waals surface area contributed by atoms with E-state index in [0.29, 0.717) is 28.9 Å². The molecule has 0 saturated carbocycles. The summed E-state index contributed by atoms with van der Waals surface area (Å²) in [6.07, 6.45) is 6.04. The molecule has 2 saturated heterocycles. The Bertz CT molecular complexity index is 1020. The Balaban J connectivity index is 1.60. The molecule has 0 radical (unpaired) electrons. The molecule has 2 fully saturated rings. The van der Waals surface area contributed by atoms with Crippen LogP contribution in [0.5, 0.6) is 0 Å². The van der Waals surface area contributed by atoms with Crippen LogP contribution in [-0.2, 0) is 11.2 Å². The normalized spacial score (nSPS) is 19.8. The first kappa shape index (κ1) is 21.1. The standard InChI is InChI=1S/C21H27ClN4O4/c22-18-13(12-15-19(17(18)20(23)28)25-21(29)30-15)4-5-16(27)26(10-2-1-3-11-26)14-6-8-24-9-7-14/h12,14,24H,1-11H2,(H2-,23,25,28,29)/p+1. The molecule has 4 N–H and O–H groups in total. The third-order valence-electron chi connectivity index (χ3n) is 6.71. The number of piperidine rings is 2. The highest BCUT2D eigenvalue weighted by molar-refractivity contribution is 6.36. The lowest BCUT2D eigenvalue weighted by Gasteiger charge is -2.46. The van der Waals surface area contributed by atoms with Crippen LogP contribution >= 0.6 is 11.6 Å². The summed E-state index contributed by atoms with van der Waals surface area (Å²) in [6.45, 7) is 3.70. The summed E-state index contributed by atoms with van der Waals surface area (Å²) in [5, 5.41) is 3.56. The number of H-pyrrole nitrogens is 1. The van der Waals surface area contributed by atoms with Gasteiger partial charge in [0, 0.05) is 25.9 Å². The molecule has 0 bridgehead atoms. The van der Waals surface area contributed by atoms with Gasteiger partial charge in [-0.1, -0.05) is 11.6 Å². The van der Waals surface area contributed by atoms with Crippen molar-refractivity contribution in [3.05, 3.63) is 32.8 Å². The Morgan fingerprint density at radius 2 is 1.90 bits per heavy atom. The molecule has 0 atom stereocenters. The summed E-state index contributed by atoms with van der Waals surface area (Å²) in [5.41, 5.74) is 6.53. The van der Waals surface area contributed by atoms with Crippen LogP contribution in [0, 0.1) is 0 Å². The molecule has 0 spiro atoms. The van der Waals surface area contributed by atoms with Crippen molar-refractivity contribution in [1.82, 2.24) is 10.3 Å². The van der Waals surface area contributed by atoms with Gasteiger partial charge in [0.2, 0.25) is 0 Å². The van der Waals surface area contributed by atoms with Gasteiger partial charge in [0.15, 0.2) is 5.58 Å². The zero-order chi connectivity index (χ0) is 21.3. The molecule has 4 rings (SSSR count). The van der Waals surface area contributed by atoms with Crippen molar-refractivity contribution in [2.45, 2.75) is 51.0 Å². The number of hydrogen-bond acceptors (Lipinski definition) is 5. The maximum Gasteiger partial charge on any atom is 0.417 e. The van der Waals surface area contributed by atoms with Crippen LogP contribution in [0.4, 0.5) is 0 Å². The van der Waals surface area contributed by atoms with Gasteiger partial charge < -0.3 is 15.5 Å². The number of nitrogens with two attached hydrogens (primary N) is 1. The number of nitrogens with zero attached hydrogens (tertiary/aromatic N) is 1. The smallest absolute Gasteiger partial charge is 0.408 e. The lowest BCUT2D eigenvalue weighted by Crippen LogP contribution is -2.63. The maximum absolute atomic E-state index is 13.5. The van der Waals surface area contributed by atoms with Gasteiger partial charge in [0.1, 0.15) is 5.52 Å². The van der Waals surface area contributed by atoms with Gasteiger partial charge in [-0.05, 0) is 37.3 Å². The molecule has 0 unspecified atom stereocenters. The highest BCUT2D eigenvalue weighted by Crippen LogP contribution is 2.32. The quantitative estimate of drug-likeness (QED) is 0.621. The SMILES string of the molecule is NC(=O)c1c(Cl)c(CCC(=O)[N+]2(C3CCNCC3)CCCCC2)cc2oc(=O)[nH]c12. The number of benzene rings is 1. The second-order valence-corrected chi connectivity index (χ2v) is 8.77. The number of hydrogen-bond donors (Lipinski definition) is 3. The fraction of sp³-hybridized carbons (Fsp3) is 0.571. The minimum Gasteiger partial charge on any atom is -0.408 e. The van der Waals surface area contributed by atoms with Gasteiger partial charge in [-0.25, -0.2) is 9.59 Å². The number of amides is 2. The number of primary amides is 1. The fourth-order valence-corrected chi connectivity index (χ4v) is 5.53. The molecule has 1 aromatic carbocycles. The second kappa shape index (κ2) is 8.53. The van der Waals surface area contributed by atoms with Crippen LogP contribution < -0.4 is 16.8 Å². The number of carbonyl (C=O) groups is 2. The van der Waals surface area contributed by atoms with Gasteiger partial charge in [-0.3, -0.25) is 14.3 Å². The summed E-state index contributed by atoms with van der Waals surface area (Å²) >= 11 is 6.46. The predicted molar refractivity (Wildman–Crippen MR) is 113 cm³/mol. The molecule has 30 heavy (non-hydrogen) atoms. The van der Waals surface area contributed by atoms with Crippen molar-refractivity contribution in [3.63, 3.8) is 0 Å². The first-order chi connectivity index (χ1) is 14.4. The molecule has 8 nitrogen and oxygen atoms in total. The monoisotopic (exact) mass is 435 g/mol. The largest absolute Gasteiger partial charge is 0.417 e. The number of aromatic amines is 1. The number of oxazole rings is 1. The minimum absolute atomic E-state index is 0.0303. The maximum atomic E-state index is 13.5. The lowest BCUT2D eigenvalue weighted by molar-refractivity contribution is -0.885. The first-order valence-electron chi connectivity index (χ1n) is 10.7. The van der Waals surface area contributed by atoms with Crippen LogP contribution in [-0.4, -0.2) is 53.5 Å². The second-order valence-electron chi connectivity index (χ2n) is 8.39. The van der Waals surface area contributed by atoms with E-state index in [1.165, 1.54) is 6.42 Å². The van der Waals surface area contributed by atoms with E-state index < -0.39 is 11.7 Å². The van der Waals surface area contributed by atoms with E-state index in [4.69, 9.17) is 21.8 Å². The summed E-state index contributed by atoms with van der Waals surface area (Å²) in [4.78, 5) is 39.5. The fourth-order valence-electron chi connectivity index (χ4n) is 5.19. The summed E-state index contributed by atoms with van der Waals surface area (Å²) in [6, 6.07) is 1.99. The zero-order valence-corrected chi connectivity index (χ0v) is 17.7. The number of halogens is 1. The number of carbonyl (C=O) groups excluding carboxylic acids is 2. The Morgan fingerprint density at radius 3 is 2.57 bits per heavy atom. The van der Waals surface area contributed by atoms with Gasteiger partial charge in [0.05, 0.1) is 36.1 Å². The Morgan fingerprint density at radius 1 is 1.20 bits per heavy atom. The summed E-state index contributed by atoms with van der Waals surface area (Å²) in [7, 11) is 0. The topological polar surface area (TPSA) is 118 Å². The number of aryl methyl sites for hydroxylation is 1. The molecular weight excluding hydrogens is 408 g/mol. The number of quaternary nitrogens is 1. The average molecular weight is 436 g/mol. The molecule has 2 aliphatic heterocycles. The van der Waals surface area contributed by atoms with Crippen molar-refractivity contribution in [3.8, 4) is 0 Å². The minimum atomic E-state index is -0.746. The molecular formula is C21H28ClN4O4+. The third-order valence-corrected chi connectivity index (χ3v) is 7.14. The number of likely N-dealkylation sites (tertiary alicyclic amines) is 1. The Hall–Kier alpha value is -2.16. The molecule has 1 aromatic heterocycles. The van der Waals surface area contributed by atoms with Gasteiger partial charge >= 0.3 is 11.7 Å². The van der Waals surface area contributed by atoms with Crippen LogP contribution in [0.3, 0.4) is 0 Å². The number of rotatable bonds is 5. The molecule has 0 aliphatic carbocycles. The van der Waals surface area contributed by atoms with Crippen molar-refractivity contribution in [2.75, 3.05) is 26.2 Å². The number of fused-ring (bicyclic) bond motifs is 1. The number of aromatic nitrogens is 1. The van der Waals surface area contributed by atoms with Crippen molar-refractivity contribution in [1.29, 1.82) is 0 Å². The number of nitrogens with one attached hydrogen (secondary N) is 2. The van der Waals surface area contributed by atoms with Crippen LogP contribution in [0.25, 0.3) is 11.1 Å². The predicted octanol–water partition coefficient (Wildman–Crippen LogP) is 2.09. The highest BCUT2D eigenvalue weighted by atomic mass is 35.5. The third kappa shape index (κ3) is 3.79. The molecule has 2 aliphatic rings. The van der Waals surface area contributed by atoms with E-state index in [9.17, 15) is 14.4 Å². The Kier molecular flexibility index (Phi) is 5.99. The molecule has 2 aromatic rings. The van der Waals surface area contributed by atoms with E-state index in [1.54, 1.807) is 6.07 Å². The van der Waals surface area contributed by atoms with E-state index in [0.717, 1.165) is 51.9 Å². The molecule has 9 heteroatoms. The van der Waals surface area contributed by atoms with E-state index in [2.05, 4.69) is 10.3 Å². The van der Waals surface area contributed by atoms with E-state index in [-0.39, 0.29) is 27.6 Å². The Labute approximate surface area is 179 Å². The summed E-state index contributed by atoms with van der Waals surface area (Å²) < 4.78 is 5.68. The van der Waals surface area contributed by atoms with Crippen molar-refractivity contribution in [2.24, 2.45) is 5.73 Å². The molecule has 162 valence electrons. The highest BCUT2D eigenvalue weighted by Gasteiger charge is 2.44. The van der Waals surface area contributed by atoms with Gasteiger partial charge in [0.25, 0.3) is 5.91 Å². The van der Waals surface area contributed by atoms with Crippen molar-refractivity contribution >= 4 is 34.5 Å². The van der Waals surface area contributed by atoms with Gasteiger partial charge in [-0.15, -0.1) is 0 Å². The van der Waals surface area contributed by atoms with Crippen LogP contribution in [0.1, 0.15) is 54.4 Å². The van der Waals surface area contributed by atoms with Crippen LogP contribution in [0.15, 0.2) is 15.3 Å². The molecule has 2 amide bonds. The zero-order valence-electron chi connectivity index (χ0n) is 17.0. The van der Waals surface area contributed by atoms with E-state index >= 15 is 0 Å². The van der Waals surface area contributed by atoms with Crippen LogP contribution in [0.2, 0.25) is 5.02 Å².